The van der Waals surface area contributed by atoms with Gasteiger partial charge in [0.2, 0.25) is 0 Å². The van der Waals surface area contributed by atoms with E-state index in [0.717, 1.165) is 23.0 Å². The summed E-state index contributed by atoms with van der Waals surface area (Å²) < 4.78 is 2.16. The molecule has 2 aromatic rings. The Morgan fingerprint density at radius 1 is 1.44 bits per heavy atom. The van der Waals surface area contributed by atoms with Crippen molar-refractivity contribution in [3.05, 3.63) is 42.6 Å². The van der Waals surface area contributed by atoms with Gasteiger partial charge in [-0.1, -0.05) is 6.08 Å². The SMILES string of the molecule is C=CCc1c(OO)ccc2c1ccn2CC. The van der Waals surface area contributed by atoms with E-state index in [9.17, 15) is 0 Å². The van der Waals surface area contributed by atoms with Crippen LogP contribution in [0.15, 0.2) is 37.1 Å². The summed E-state index contributed by atoms with van der Waals surface area (Å²) in [6, 6.07) is 5.78. The Bertz CT molecular complexity index is 514. The van der Waals surface area contributed by atoms with Crippen LogP contribution in [0.2, 0.25) is 0 Å². The van der Waals surface area contributed by atoms with Crippen LogP contribution in [0.4, 0.5) is 0 Å². The molecule has 3 nitrogen and oxygen atoms in total. The fourth-order valence-electron chi connectivity index (χ4n) is 2.03. The van der Waals surface area contributed by atoms with Crippen LogP contribution in [0.3, 0.4) is 0 Å². The van der Waals surface area contributed by atoms with E-state index < -0.39 is 0 Å². The fourth-order valence-corrected chi connectivity index (χ4v) is 2.03. The van der Waals surface area contributed by atoms with Crippen molar-refractivity contribution in [2.75, 3.05) is 0 Å². The summed E-state index contributed by atoms with van der Waals surface area (Å²) in [5.74, 6) is 0.501. The van der Waals surface area contributed by atoms with E-state index >= 15 is 0 Å². The summed E-state index contributed by atoms with van der Waals surface area (Å²) in [5, 5.41) is 9.93. The van der Waals surface area contributed by atoms with Gasteiger partial charge in [-0.2, -0.15) is 0 Å². The first-order valence-electron chi connectivity index (χ1n) is 5.34. The smallest absolute Gasteiger partial charge is 0.169 e. The number of hydrogen-bond donors (Lipinski definition) is 1. The third kappa shape index (κ3) is 1.59. The van der Waals surface area contributed by atoms with Gasteiger partial charge < -0.3 is 9.45 Å². The molecule has 3 heteroatoms. The highest BCUT2D eigenvalue weighted by Gasteiger charge is 2.10. The second kappa shape index (κ2) is 4.41. The van der Waals surface area contributed by atoms with Crippen molar-refractivity contribution in [1.82, 2.24) is 4.57 Å². The second-order valence-corrected chi connectivity index (χ2v) is 3.66. The van der Waals surface area contributed by atoms with E-state index in [1.54, 1.807) is 12.1 Å². The Kier molecular flexibility index (Phi) is 2.97. The third-order valence-corrected chi connectivity index (χ3v) is 2.81. The van der Waals surface area contributed by atoms with Gasteiger partial charge in [0.15, 0.2) is 5.75 Å². The number of aryl methyl sites for hydroxylation is 1. The lowest BCUT2D eigenvalue weighted by molar-refractivity contribution is -0.138. The minimum atomic E-state index is 0.501. The van der Waals surface area contributed by atoms with Gasteiger partial charge in [0.1, 0.15) is 0 Å². The van der Waals surface area contributed by atoms with Crippen molar-refractivity contribution in [3.63, 3.8) is 0 Å². The summed E-state index contributed by atoms with van der Waals surface area (Å²) >= 11 is 0. The Morgan fingerprint density at radius 3 is 2.88 bits per heavy atom. The number of benzene rings is 1. The Labute approximate surface area is 94.5 Å². The standard InChI is InChI=1S/C13H15NO2/c1-3-5-11-10-8-9-14(4-2)12(10)6-7-13(11)16-15/h3,6-9,15H,1,4-5H2,2H3. The summed E-state index contributed by atoms with van der Waals surface area (Å²) in [6.45, 7) is 6.75. The molecule has 0 aliphatic heterocycles. The molecule has 0 spiro atoms. The summed E-state index contributed by atoms with van der Waals surface area (Å²) in [7, 11) is 0. The highest BCUT2D eigenvalue weighted by molar-refractivity contribution is 5.86. The van der Waals surface area contributed by atoms with Crippen molar-refractivity contribution in [2.24, 2.45) is 0 Å². The maximum atomic E-state index is 8.83. The van der Waals surface area contributed by atoms with Crippen molar-refractivity contribution in [1.29, 1.82) is 0 Å². The summed E-state index contributed by atoms with van der Waals surface area (Å²) in [6.07, 6.45) is 4.53. The zero-order chi connectivity index (χ0) is 11.5. The maximum absolute atomic E-state index is 8.83. The van der Waals surface area contributed by atoms with Crippen molar-refractivity contribution in [3.8, 4) is 5.75 Å². The van der Waals surface area contributed by atoms with Gasteiger partial charge in [-0.3, -0.25) is 0 Å². The molecule has 0 aliphatic rings. The van der Waals surface area contributed by atoms with Crippen LogP contribution in [0.1, 0.15) is 12.5 Å². The number of rotatable bonds is 4. The number of hydrogen-bond acceptors (Lipinski definition) is 2. The van der Waals surface area contributed by atoms with Crippen molar-refractivity contribution in [2.45, 2.75) is 19.9 Å². The van der Waals surface area contributed by atoms with Crippen LogP contribution >= 0.6 is 0 Å². The Hall–Kier alpha value is -1.74. The molecule has 1 N–H and O–H groups in total. The molecule has 0 saturated heterocycles. The highest BCUT2D eigenvalue weighted by Crippen LogP contribution is 2.29. The molecule has 16 heavy (non-hydrogen) atoms. The highest BCUT2D eigenvalue weighted by atomic mass is 17.1. The molecule has 1 aromatic heterocycles. The van der Waals surface area contributed by atoms with Gasteiger partial charge in [-0.25, -0.2) is 5.26 Å². The second-order valence-electron chi connectivity index (χ2n) is 3.66. The van der Waals surface area contributed by atoms with Gasteiger partial charge in [0, 0.05) is 29.2 Å². The molecule has 1 aromatic carbocycles. The largest absolute Gasteiger partial charge is 0.348 e. The van der Waals surface area contributed by atoms with E-state index in [4.69, 9.17) is 5.26 Å². The molecule has 0 atom stereocenters. The molecule has 2 rings (SSSR count). The molecule has 0 amide bonds. The zero-order valence-electron chi connectivity index (χ0n) is 9.31. The Morgan fingerprint density at radius 2 is 2.25 bits per heavy atom. The van der Waals surface area contributed by atoms with E-state index in [1.807, 2.05) is 18.3 Å². The zero-order valence-corrected chi connectivity index (χ0v) is 9.31. The lowest BCUT2D eigenvalue weighted by Crippen LogP contribution is -1.95. The lowest BCUT2D eigenvalue weighted by Gasteiger charge is -2.07. The molecule has 1 heterocycles. The summed E-state index contributed by atoms with van der Waals surface area (Å²) in [4.78, 5) is 4.39. The molecule has 0 unspecified atom stereocenters. The van der Waals surface area contributed by atoms with Gasteiger partial charge in [0.05, 0.1) is 0 Å². The minimum Gasteiger partial charge on any atom is -0.348 e. The van der Waals surface area contributed by atoms with E-state index in [1.165, 1.54) is 0 Å². The van der Waals surface area contributed by atoms with Crippen molar-refractivity contribution >= 4 is 10.9 Å². The van der Waals surface area contributed by atoms with Gasteiger partial charge in [-0.05, 0) is 31.5 Å². The predicted octanol–water partition coefficient (Wildman–Crippen LogP) is 3.24. The minimum absolute atomic E-state index is 0.501. The molecule has 0 fully saturated rings. The molecular formula is C13H15NO2. The van der Waals surface area contributed by atoms with Gasteiger partial charge in [-0.15, -0.1) is 6.58 Å². The van der Waals surface area contributed by atoms with Crippen LogP contribution in [0, 0.1) is 0 Å². The van der Waals surface area contributed by atoms with E-state index in [0.29, 0.717) is 12.2 Å². The maximum Gasteiger partial charge on any atom is 0.169 e. The molecular weight excluding hydrogens is 202 g/mol. The van der Waals surface area contributed by atoms with Crippen LogP contribution in [0.5, 0.6) is 5.75 Å². The van der Waals surface area contributed by atoms with Crippen LogP contribution in [-0.4, -0.2) is 9.82 Å². The van der Waals surface area contributed by atoms with Crippen LogP contribution in [-0.2, 0) is 13.0 Å². The first kappa shape index (κ1) is 10.8. The molecule has 84 valence electrons. The van der Waals surface area contributed by atoms with Crippen LogP contribution < -0.4 is 4.89 Å². The molecule has 0 radical (unpaired) electrons. The molecule has 0 bridgehead atoms. The quantitative estimate of drug-likeness (QED) is 0.484. The molecule has 0 aliphatic carbocycles. The lowest BCUT2D eigenvalue weighted by atomic mass is 10.1. The number of nitrogens with zero attached hydrogens (tertiary/aromatic N) is 1. The van der Waals surface area contributed by atoms with Crippen molar-refractivity contribution < 1.29 is 10.1 Å². The number of aromatic nitrogens is 1. The fraction of sp³-hybridized carbons (Fsp3) is 0.231. The molecule has 0 saturated carbocycles. The van der Waals surface area contributed by atoms with Gasteiger partial charge >= 0.3 is 0 Å². The van der Waals surface area contributed by atoms with E-state index in [-0.39, 0.29) is 0 Å². The van der Waals surface area contributed by atoms with E-state index in [2.05, 4.69) is 23.0 Å². The topological polar surface area (TPSA) is 34.4 Å². The van der Waals surface area contributed by atoms with Gasteiger partial charge in [0.25, 0.3) is 0 Å². The van der Waals surface area contributed by atoms with Crippen LogP contribution in [0.25, 0.3) is 10.9 Å². The normalized spacial score (nSPS) is 10.6. The Balaban J connectivity index is 2.69. The monoisotopic (exact) mass is 217 g/mol. The summed E-state index contributed by atoms with van der Waals surface area (Å²) in [5.41, 5.74) is 2.13. The predicted molar refractivity (Wildman–Crippen MR) is 64.8 cm³/mol. The average Bonchev–Trinajstić information content (AvgIpc) is 2.73. The number of fused-ring (bicyclic) bond motifs is 1. The number of allylic oxidation sites excluding steroid dienone is 1. The first-order valence-corrected chi connectivity index (χ1v) is 5.34. The average molecular weight is 217 g/mol. The third-order valence-electron chi connectivity index (χ3n) is 2.81. The first-order chi connectivity index (χ1) is 7.81.